The van der Waals surface area contributed by atoms with E-state index >= 15 is 0 Å². The molecular weight excluding hydrogens is 524 g/mol. The summed E-state index contributed by atoms with van der Waals surface area (Å²) in [5.41, 5.74) is 2.85. The molecule has 0 amide bonds. The standard InChI is InChI=1S/C33H34O6S/c1-25-30(36-22-26-14-6-2-7-15-26)31(37-23-27-16-8-3-9-17-27)32(38-24-28-18-10-4-11-19-28)33(34,39-25)40(35)29-20-12-5-13-21-29/h2-21,25,30-32,34H,22-24H2,1H3/t25-,30+,31+,32-,33-,40?/m0/s1. The number of ether oxygens (including phenoxy) is 4. The lowest BCUT2D eigenvalue weighted by atomic mass is 9.98. The first-order valence-corrected chi connectivity index (χ1v) is 14.5. The van der Waals surface area contributed by atoms with Crippen LogP contribution in [0.5, 0.6) is 0 Å². The second-order valence-corrected chi connectivity index (χ2v) is 11.4. The van der Waals surface area contributed by atoms with Crippen LogP contribution < -0.4 is 0 Å². The molecule has 4 aromatic carbocycles. The third-order valence-corrected chi connectivity index (χ3v) is 8.43. The van der Waals surface area contributed by atoms with E-state index in [0.29, 0.717) is 11.5 Å². The Morgan fingerprint density at radius 2 is 1.05 bits per heavy atom. The van der Waals surface area contributed by atoms with Crippen LogP contribution in [0.15, 0.2) is 126 Å². The maximum Gasteiger partial charge on any atom is 0.279 e. The molecule has 4 aromatic rings. The van der Waals surface area contributed by atoms with Crippen molar-refractivity contribution in [2.24, 2.45) is 0 Å². The highest BCUT2D eigenvalue weighted by Gasteiger charge is 2.59. The van der Waals surface area contributed by atoms with Crippen molar-refractivity contribution in [2.45, 2.75) is 61.2 Å². The third-order valence-electron chi connectivity index (χ3n) is 6.86. The Kier molecular flexibility index (Phi) is 9.54. The Hall–Kier alpha value is -3.17. The molecule has 1 N–H and O–H groups in total. The van der Waals surface area contributed by atoms with E-state index in [9.17, 15) is 9.32 Å². The molecule has 0 aromatic heterocycles. The average molecular weight is 559 g/mol. The Bertz CT molecular complexity index is 1340. The Labute approximate surface area is 238 Å². The van der Waals surface area contributed by atoms with Gasteiger partial charge >= 0.3 is 0 Å². The summed E-state index contributed by atoms with van der Waals surface area (Å²) in [5.74, 6) is 0. The zero-order valence-electron chi connectivity index (χ0n) is 22.4. The largest absolute Gasteiger partial charge is 0.368 e. The van der Waals surface area contributed by atoms with E-state index < -0.39 is 40.3 Å². The van der Waals surface area contributed by atoms with Gasteiger partial charge in [0.2, 0.25) is 0 Å². The van der Waals surface area contributed by atoms with Crippen LogP contribution >= 0.6 is 0 Å². The molecular formula is C33H34O6S. The topological polar surface area (TPSA) is 74.2 Å². The molecule has 40 heavy (non-hydrogen) atoms. The molecule has 1 aliphatic heterocycles. The lowest BCUT2D eigenvalue weighted by molar-refractivity contribution is -0.326. The van der Waals surface area contributed by atoms with Crippen molar-refractivity contribution in [3.63, 3.8) is 0 Å². The summed E-state index contributed by atoms with van der Waals surface area (Å²) < 4.78 is 39.4. The van der Waals surface area contributed by atoms with Gasteiger partial charge in [-0.25, -0.2) is 4.21 Å². The van der Waals surface area contributed by atoms with E-state index in [1.54, 1.807) is 31.2 Å². The van der Waals surface area contributed by atoms with E-state index in [1.807, 2.05) is 97.1 Å². The van der Waals surface area contributed by atoms with Crippen LogP contribution in [-0.4, -0.2) is 38.9 Å². The predicted molar refractivity (Wildman–Crippen MR) is 153 cm³/mol. The quantitative estimate of drug-likeness (QED) is 0.258. The first-order chi connectivity index (χ1) is 19.5. The van der Waals surface area contributed by atoms with Gasteiger partial charge < -0.3 is 24.1 Å². The number of hydrogen-bond acceptors (Lipinski definition) is 6. The van der Waals surface area contributed by atoms with Crippen LogP contribution in [0.2, 0.25) is 0 Å². The smallest absolute Gasteiger partial charge is 0.279 e. The van der Waals surface area contributed by atoms with Crippen LogP contribution in [0.4, 0.5) is 0 Å². The average Bonchev–Trinajstić information content (AvgIpc) is 3.00. The second kappa shape index (κ2) is 13.5. The molecule has 0 bridgehead atoms. The molecule has 5 rings (SSSR count). The fourth-order valence-corrected chi connectivity index (χ4v) is 6.21. The monoisotopic (exact) mass is 558 g/mol. The fourth-order valence-electron chi connectivity index (χ4n) is 4.82. The molecule has 0 saturated carbocycles. The normalized spacial score (nSPS) is 25.4. The van der Waals surface area contributed by atoms with Crippen molar-refractivity contribution < 1.29 is 28.3 Å². The minimum atomic E-state index is -2.19. The summed E-state index contributed by atoms with van der Waals surface area (Å²) in [6.07, 6.45) is -3.19. The van der Waals surface area contributed by atoms with Crippen LogP contribution in [0.3, 0.4) is 0 Å². The van der Waals surface area contributed by atoms with Gasteiger partial charge in [-0.15, -0.1) is 0 Å². The molecule has 1 heterocycles. The van der Waals surface area contributed by atoms with Crippen molar-refractivity contribution in [1.29, 1.82) is 0 Å². The second-order valence-electron chi connectivity index (χ2n) is 9.78. The van der Waals surface area contributed by atoms with Crippen molar-refractivity contribution in [3.8, 4) is 0 Å². The van der Waals surface area contributed by atoms with E-state index in [1.165, 1.54) is 0 Å². The van der Waals surface area contributed by atoms with Crippen LogP contribution in [0.25, 0.3) is 0 Å². The molecule has 7 heteroatoms. The maximum atomic E-state index is 14.0. The third kappa shape index (κ3) is 6.75. The summed E-state index contributed by atoms with van der Waals surface area (Å²) in [5, 5.41) is 9.90. The van der Waals surface area contributed by atoms with E-state index in [2.05, 4.69) is 0 Å². The van der Waals surface area contributed by atoms with Crippen LogP contribution in [-0.2, 0) is 49.6 Å². The first kappa shape index (κ1) is 28.4. The fraction of sp³-hybridized carbons (Fsp3) is 0.273. The molecule has 1 aliphatic rings. The number of benzene rings is 4. The van der Waals surface area contributed by atoms with Crippen LogP contribution in [0, 0.1) is 0 Å². The molecule has 1 unspecified atom stereocenters. The molecule has 6 nitrogen and oxygen atoms in total. The van der Waals surface area contributed by atoms with E-state index in [4.69, 9.17) is 18.9 Å². The molecule has 1 saturated heterocycles. The molecule has 0 aliphatic carbocycles. The Balaban J connectivity index is 1.49. The van der Waals surface area contributed by atoms with Gasteiger partial charge in [-0.2, -0.15) is 0 Å². The summed E-state index contributed by atoms with van der Waals surface area (Å²) in [7, 11) is -1.99. The highest BCUT2D eigenvalue weighted by Crippen LogP contribution is 2.39. The zero-order valence-corrected chi connectivity index (χ0v) is 23.2. The number of hydrogen-bond donors (Lipinski definition) is 1. The van der Waals surface area contributed by atoms with Gasteiger partial charge in [0, 0.05) is 4.90 Å². The minimum absolute atomic E-state index is 0.161. The summed E-state index contributed by atoms with van der Waals surface area (Å²) in [4.78, 5) is 0.427. The van der Waals surface area contributed by atoms with E-state index in [-0.39, 0.29) is 13.2 Å². The predicted octanol–water partition coefficient (Wildman–Crippen LogP) is 5.62. The highest BCUT2D eigenvalue weighted by molar-refractivity contribution is 7.86. The molecule has 6 atom stereocenters. The minimum Gasteiger partial charge on any atom is -0.368 e. The highest BCUT2D eigenvalue weighted by atomic mass is 32.2. The summed E-state index contributed by atoms with van der Waals surface area (Å²) in [6.45, 7) is 2.53. The molecule has 0 radical (unpaired) electrons. The molecule has 0 spiro atoms. The number of aliphatic hydroxyl groups is 1. The molecule has 208 valence electrons. The molecule has 1 fully saturated rings. The van der Waals surface area contributed by atoms with Crippen molar-refractivity contribution in [1.82, 2.24) is 0 Å². The Morgan fingerprint density at radius 3 is 1.52 bits per heavy atom. The van der Waals surface area contributed by atoms with Crippen molar-refractivity contribution in [2.75, 3.05) is 0 Å². The van der Waals surface area contributed by atoms with Gasteiger partial charge in [0.15, 0.2) is 6.10 Å². The first-order valence-electron chi connectivity index (χ1n) is 13.4. The van der Waals surface area contributed by atoms with Gasteiger partial charge in [-0.3, -0.25) is 0 Å². The van der Waals surface area contributed by atoms with Gasteiger partial charge in [-0.05, 0) is 35.7 Å². The summed E-state index contributed by atoms with van der Waals surface area (Å²) in [6, 6.07) is 38.0. The van der Waals surface area contributed by atoms with Gasteiger partial charge in [0.05, 0.1) is 25.9 Å². The van der Waals surface area contributed by atoms with Crippen molar-refractivity contribution >= 4 is 10.8 Å². The Morgan fingerprint density at radius 1 is 0.650 bits per heavy atom. The number of rotatable bonds is 11. The van der Waals surface area contributed by atoms with Gasteiger partial charge in [-0.1, -0.05) is 109 Å². The van der Waals surface area contributed by atoms with Gasteiger partial charge in [0.1, 0.15) is 23.0 Å². The lowest BCUT2D eigenvalue weighted by Gasteiger charge is -2.48. The SMILES string of the molecule is C[C@@H]1O[C@](O)(S(=O)c2ccccc2)[C@@H](OCc2ccccc2)[C@H](OCc2ccccc2)[C@@H]1OCc1ccccc1. The zero-order chi connectivity index (χ0) is 27.8. The summed E-state index contributed by atoms with van der Waals surface area (Å²) >= 11 is 0. The van der Waals surface area contributed by atoms with Crippen LogP contribution in [0.1, 0.15) is 23.6 Å². The maximum absolute atomic E-state index is 14.0. The van der Waals surface area contributed by atoms with Gasteiger partial charge in [0.25, 0.3) is 5.12 Å². The van der Waals surface area contributed by atoms with E-state index in [0.717, 1.165) is 16.7 Å². The van der Waals surface area contributed by atoms with Crippen molar-refractivity contribution in [3.05, 3.63) is 138 Å². The lowest BCUT2D eigenvalue weighted by Crippen LogP contribution is -2.67.